The van der Waals surface area contributed by atoms with Crippen molar-refractivity contribution in [1.82, 2.24) is 0 Å². The average molecular weight is 192 g/mol. The fraction of sp³-hybridized carbons (Fsp3) is 0.417. The molecular weight excluding hydrogens is 176 g/mol. The van der Waals surface area contributed by atoms with Crippen molar-refractivity contribution < 1.29 is 9.53 Å². The molecule has 1 unspecified atom stereocenters. The third-order valence-corrected chi connectivity index (χ3v) is 1.98. The lowest BCUT2D eigenvalue weighted by atomic mass is 10.0. The third-order valence-electron chi connectivity index (χ3n) is 1.98. The van der Waals surface area contributed by atoms with Gasteiger partial charge in [-0.15, -0.1) is 0 Å². The summed E-state index contributed by atoms with van der Waals surface area (Å²) in [6, 6.07) is 7.65. The van der Waals surface area contributed by atoms with Crippen molar-refractivity contribution in [2.24, 2.45) is 0 Å². The Balaban J connectivity index is 2.73. The lowest BCUT2D eigenvalue weighted by Gasteiger charge is -2.10. The van der Waals surface area contributed by atoms with Gasteiger partial charge in [-0.3, -0.25) is 0 Å². The topological polar surface area (TPSA) is 26.3 Å². The molecule has 0 aliphatic rings. The van der Waals surface area contributed by atoms with Gasteiger partial charge < -0.3 is 9.53 Å². The molecule has 0 saturated carbocycles. The highest BCUT2D eigenvalue weighted by Crippen LogP contribution is 2.18. The predicted octanol–water partition coefficient (Wildman–Crippen LogP) is 2.78. The van der Waals surface area contributed by atoms with E-state index in [0.717, 1.165) is 17.6 Å². The summed E-state index contributed by atoms with van der Waals surface area (Å²) in [5, 5.41) is 0. The number of rotatable bonds is 4. The maximum Gasteiger partial charge on any atom is 0.127 e. The first-order valence-corrected chi connectivity index (χ1v) is 4.85. The summed E-state index contributed by atoms with van der Waals surface area (Å²) in [7, 11) is 0. The number of benzene rings is 1. The summed E-state index contributed by atoms with van der Waals surface area (Å²) in [6.07, 6.45) is 1.13. The summed E-state index contributed by atoms with van der Waals surface area (Å²) in [5.74, 6) is 0.810. The van der Waals surface area contributed by atoms with Gasteiger partial charge in [0.05, 0.1) is 6.10 Å². The van der Waals surface area contributed by atoms with E-state index < -0.39 is 0 Å². The normalized spacial score (nSPS) is 12.6. The van der Waals surface area contributed by atoms with Crippen LogP contribution in [0.15, 0.2) is 24.3 Å². The van der Waals surface area contributed by atoms with Gasteiger partial charge in [-0.2, -0.15) is 0 Å². The molecule has 1 aromatic carbocycles. The SMILES string of the molecule is CC(C)Oc1ccc(C(C)C=O)cc1. The van der Waals surface area contributed by atoms with Gasteiger partial charge in [0, 0.05) is 5.92 Å². The maximum atomic E-state index is 10.5. The quantitative estimate of drug-likeness (QED) is 0.686. The molecule has 0 fully saturated rings. The standard InChI is InChI=1S/C12H16O2/c1-9(2)14-12-6-4-11(5-7-12)10(3)8-13/h4-10H,1-3H3. The fourth-order valence-electron chi connectivity index (χ4n) is 1.20. The van der Waals surface area contributed by atoms with Crippen molar-refractivity contribution >= 4 is 6.29 Å². The largest absolute Gasteiger partial charge is 0.491 e. The zero-order valence-corrected chi connectivity index (χ0v) is 8.86. The Bertz CT molecular complexity index is 288. The molecule has 0 saturated heterocycles. The summed E-state index contributed by atoms with van der Waals surface area (Å²) >= 11 is 0. The number of carbonyl (C=O) groups is 1. The predicted molar refractivity (Wildman–Crippen MR) is 56.7 cm³/mol. The molecule has 0 radical (unpaired) electrons. The van der Waals surface area contributed by atoms with Crippen molar-refractivity contribution in [2.75, 3.05) is 0 Å². The zero-order chi connectivity index (χ0) is 10.6. The Morgan fingerprint density at radius 3 is 2.14 bits per heavy atom. The molecule has 76 valence electrons. The van der Waals surface area contributed by atoms with Crippen LogP contribution >= 0.6 is 0 Å². The first kappa shape index (κ1) is 10.8. The highest BCUT2D eigenvalue weighted by Gasteiger charge is 2.03. The number of carbonyl (C=O) groups excluding carboxylic acids is 1. The minimum atomic E-state index is -0.0388. The Morgan fingerprint density at radius 1 is 1.14 bits per heavy atom. The summed E-state index contributed by atoms with van der Waals surface area (Å²) in [6.45, 7) is 5.86. The molecule has 0 amide bonds. The lowest BCUT2D eigenvalue weighted by Crippen LogP contribution is -2.05. The van der Waals surface area contributed by atoms with Crippen LogP contribution in [0.4, 0.5) is 0 Å². The Kier molecular flexibility index (Phi) is 3.69. The van der Waals surface area contributed by atoms with E-state index in [1.807, 2.05) is 45.0 Å². The van der Waals surface area contributed by atoms with Gasteiger partial charge >= 0.3 is 0 Å². The zero-order valence-electron chi connectivity index (χ0n) is 8.86. The second kappa shape index (κ2) is 4.80. The van der Waals surface area contributed by atoms with E-state index >= 15 is 0 Å². The second-order valence-corrected chi connectivity index (χ2v) is 3.66. The summed E-state index contributed by atoms with van der Waals surface area (Å²) in [4.78, 5) is 10.5. The molecule has 14 heavy (non-hydrogen) atoms. The van der Waals surface area contributed by atoms with Crippen LogP contribution in [0, 0.1) is 0 Å². The average Bonchev–Trinajstić information content (AvgIpc) is 2.17. The molecule has 0 aliphatic carbocycles. The van der Waals surface area contributed by atoms with Gasteiger partial charge in [0.25, 0.3) is 0 Å². The maximum absolute atomic E-state index is 10.5. The van der Waals surface area contributed by atoms with Crippen molar-refractivity contribution in [3.05, 3.63) is 29.8 Å². The highest BCUT2D eigenvalue weighted by atomic mass is 16.5. The van der Waals surface area contributed by atoms with Crippen LogP contribution in [0.5, 0.6) is 5.75 Å². The van der Waals surface area contributed by atoms with Crippen LogP contribution in [0.2, 0.25) is 0 Å². The second-order valence-electron chi connectivity index (χ2n) is 3.66. The molecule has 1 aromatic rings. The van der Waals surface area contributed by atoms with Crippen LogP contribution < -0.4 is 4.74 Å². The van der Waals surface area contributed by atoms with E-state index in [1.54, 1.807) is 0 Å². The molecule has 0 N–H and O–H groups in total. The van der Waals surface area contributed by atoms with E-state index in [9.17, 15) is 4.79 Å². The molecule has 0 bridgehead atoms. The molecule has 1 rings (SSSR count). The van der Waals surface area contributed by atoms with E-state index in [4.69, 9.17) is 4.74 Å². The van der Waals surface area contributed by atoms with Gasteiger partial charge in [0.2, 0.25) is 0 Å². The van der Waals surface area contributed by atoms with E-state index in [2.05, 4.69) is 0 Å². The Labute approximate surface area is 84.9 Å². The molecule has 2 nitrogen and oxygen atoms in total. The van der Waals surface area contributed by atoms with Crippen LogP contribution in [-0.4, -0.2) is 12.4 Å². The van der Waals surface area contributed by atoms with Crippen LogP contribution in [0.3, 0.4) is 0 Å². The van der Waals surface area contributed by atoms with E-state index in [1.165, 1.54) is 0 Å². The number of hydrogen-bond acceptors (Lipinski definition) is 2. The fourth-order valence-corrected chi connectivity index (χ4v) is 1.20. The van der Waals surface area contributed by atoms with Crippen LogP contribution in [-0.2, 0) is 4.79 Å². The van der Waals surface area contributed by atoms with Gasteiger partial charge in [0.1, 0.15) is 12.0 Å². The van der Waals surface area contributed by atoms with Gasteiger partial charge in [-0.1, -0.05) is 19.1 Å². The Hall–Kier alpha value is -1.31. The van der Waals surface area contributed by atoms with Crippen molar-refractivity contribution in [3.63, 3.8) is 0 Å². The van der Waals surface area contributed by atoms with E-state index in [0.29, 0.717) is 0 Å². The molecule has 0 aromatic heterocycles. The van der Waals surface area contributed by atoms with Gasteiger partial charge in [-0.05, 0) is 31.5 Å². The minimum absolute atomic E-state index is 0.0388. The molecule has 1 atom stereocenters. The highest BCUT2D eigenvalue weighted by molar-refractivity contribution is 5.61. The molecule has 0 spiro atoms. The summed E-state index contributed by atoms with van der Waals surface area (Å²) < 4.78 is 5.49. The summed E-state index contributed by atoms with van der Waals surface area (Å²) in [5.41, 5.74) is 1.02. The lowest BCUT2D eigenvalue weighted by molar-refractivity contribution is -0.108. The van der Waals surface area contributed by atoms with Crippen molar-refractivity contribution in [3.8, 4) is 5.75 Å². The molecule has 0 heterocycles. The van der Waals surface area contributed by atoms with E-state index in [-0.39, 0.29) is 12.0 Å². The third kappa shape index (κ3) is 2.87. The van der Waals surface area contributed by atoms with Gasteiger partial charge in [0.15, 0.2) is 0 Å². The number of hydrogen-bond donors (Lipinski definition) is 0. The minimum Gasteiger partial charge on any atom is -0.491 e. The molecular formula is C12H16O2. The van der Waals surface area contributed by atoms with Crippen LogP contribution in [0.25, 0.3) is 0 Å². The first-order chi connectivity index (χ1) is 6.63. The first-order valence-electron chi connectivity index (χ1n) is 4.85. The van der Waals surface area contributed by atoms with Crippen LogP contribution in [0.1, 0.15) is 32.3 Å². The number of aldehydes is 1. The van der Waals surface area contributed by atoms with Crippen molar-refractivity contribution in [1.29, 1.82) is 0 Å². The Morgan fingerprint density at radius 2 is 1.71 bits per heavy atom. The van der Waals surface area contributed by atoms with Crippen molar-refractivity contribution in [2.45, 2.75) is 32.8 Å². The number of ether oxygens (including phenoxy) is 1. The molecule has 0 aliphatic heterocycles. The van der Waals surface area contributed by atoms with Gasteiger partial charge in [-0.25, -0.2) is 0 Å². The monoisotopic (exact) mass is 192 g/mol. The smallest absolute Gasteiger partial charge is 0.127 e. The molecule has 2 heteroatoms.